The second kappa shape index (κ2) is 74.5. The molecule has 0 aromatic carbocycles. The molecule has 26 heavy (non-hydrogen) atoms. The Hall–Kier alpha value is -0.660. The van der Waals surface area contributed by atoms with E-state index in [-0.39, 0.29) is 42.9 Å². The van der Waals surface area contributed by atoms with E-state index >= 15 is 0 Å². The topological polar surface area (TPSA) is 82.0 Å². The second-order valence-corrected chi connectivity index (χ2v) is 4.73. The second-order valence-electron chi connectivity index (χ2n) is 2.80. The molecule has 0 bridgehead atoms. The van der Waals surface area contributed by atoms with Gasteiger partial charge in [0.25, 0.3) is 0 Å². The SMILES string of the molecule is C.C.C.C.C.C=[S-](=O)OC.CC.CC(C)=O.CCC.CN=C=[S-](=O)OC. The molecule has 172 valence electrons. The Kier molecular flexibility index (Phi) is 183. The van der Waals surface area contributed by atoms with E-state index in [0.717, 1.165) is 0 Å². The molecule has 0 aliphatic heterocycles. The molecule has 0 rings (SSSR count). The van der Waals surface area contributed by atoms with Crippen molar-refractivity contribution in [1.82, 2.24) is 0 Å². The van der Waals surface area contributed by atoms with Crippen LogP contribution in [0.2, 0.25) is 0 Å². The van der Waals surface area contributed by atoms with Crippen LogP contribution < -0.4 is 0 Å². The van der Waals surface area contributed by atoms with Crippen molar-refractivity contribution in [3.05, 3.63) is 0 Å². The zero-order valence-corrected chi connectivity index (χ0v) is 16.4. The summed E-state index contributed by atoms with van der Waals surface area (Å²) in [5.41, 5.74) is 0. The minimum Gasteiger partial charge on any atom is -0.455 e. The summed E-state index contributed by atoms with van der Waals surface area (Å²) in [6.07, 6.45) is 1.25. The number of carbonyl (C=O) groups excluding carboxylic acids is 1. The molecule has 0 unspecified atom stereocenters. The minimum atomic E-state index is -1.44. The number of nitrogens with zero attached hydrogens (tertiary/aromatic N) is 1. The third kappa shape index (κ3) is 290. The first-order valence-electron chi connectivity index (χ1n) is 6.27. The molecule has 8 heteroatoms. The Balaban J connectivity index is -0.0000000154. The zero-order valence-electron chi connectivity index (χ0n) is 14.7. The lowest BCUT2D eigenvalue weighted by Crippen LogP contribution is -1.74. The standard InChI is InChI=1S/C3H6NO2S.C3H6O.C3H8.C2H5O2S.C2H6.5CH4/c1-4-3-7(5)6-2;1-3(2)4;1-3-2;1-4-5(2)3;1-2;;;;;/h1-2H3;1-2H3;3H2,1-2H3;2H2,1H3;1-2H3;5*1H4/q-1;;;-1;;;;;;. The van der Waals surface area contributed by atoms with Gasteiger partial charge < -0.3 is 21.6 Å². The van der Waals surface area contributed by atoms with Crippen LogP contribution in [0, 0.1) is 0 Å². The largest absolute Gasteiger partial charge is 0.455 e. The first-order valence-corrected chi connectivity index (χ1v) is 8.58. The number of hydrogen-bond acceptors (Lipinski definition) is 8. The normalized spacial score (nSPS) is 5.96. The highest BCUT2D eigenvalue weighted by Crippen LogP contribution is 1.59. The van der Waals surface area contributed by atoms with Gasteiger partial charge in [-0.05, 0) is 13.8 Å². The van der Waals surface area contributed by atoms with E-state index in [9.17, 15) is 13.2 Å². The smallest absolute Gasteiger partial charge is 0.126 e. The lowest BCUT2D eigenvalue weighted by Gasteiger charge is -1.89. The van der Waals surface area contributed by atoms with Gasteiger partial charge in [0.15, 0.2) is 0 Å². The summed E-state index contributed by atoms with van der Waals surface area (Å²) in [5.74, 6) is 3.17. The third-order valence-electron chi connectivity index (χ3n) is 0.503. The fourth-order valence-electron chi connectivity index (χ4n) is 0.112. The van der Waals surface area contributed by atoms with Crippen LogP contribution in [0.3, 0.4) is 0 Å². The highest BCUT2D eigenvalue weighted by molar-refractivity contribution is 7.78. The molecule has 0 amide bonds. The van der Waals surface area contributed by atoms with Crippen molar-refractivity contribution in [2.24, 2.45) is 4.99 Å². The van der Waals surface area contributed by atoms with E-state index in [1.165, 1.54) is 41.5 Å². The maximum Gasteiger partial charge on any atom is 0.126 e. The van der Waals surface area contributed by atoms with E-state index in [0.29, 0.717) is 0 Å². The van der Waals surface area contributed by atoms with E-state index in [1.807, 2.05) is 13.8 Å². The van der Waals surface area contributed by atoms with Crippen molar-refractivity contribution in [2.45, 2.75) is 85.1 Å². The van der Waals surface area contributed by atoms with Gasteiger partial charge in [0.05, 0.1) is 0 Å². The summed E-state index contributed by atoms with van der Waals surface area (Å²) >= 11 is 0. The number of Topliss-reactive ketones (excluding diaryl/α,β-unsaturated/α-hetero) is 1. The van der Waals surface area contributed by atoms with Gasteiger partial charge in [0, 0.05) is 21.3 Å². The number of carbonyl (C=O) groups is 1. The minimum absolute atomic E-state index is 0. The van der Waals surface area contributed by atoms with E-state index < -0.39 is 21.3 Å². The highest BCUT2D eigenvalue weighted by atomic mass is 32.2. The number of aliphatic imine (C=N–C) groups is 1. The first kappa shape index (κ1) is 63.8. The Bertz CT molecular complexity index is 358. The average Bonchev–Trinajstić information content (AvgIpc) is 2.42. The van der Waals surface area contributed by atoms with Crippen molar-refractivity contribution in [1.29, 1.82) is 0 Å². The summed E-state index contributed by atoms with van der Waals surface area (Å²) in [6, 6.07) is 0. The van der Waals surface area contributed by atoms with Crippen LogP contribution in [0.1, 0.15) is 85.1 Å². The van der Waals surface area contributed by atoms with E-state index in [2.05, 4.69) is 38.2 Å². The van der Waals surface area contributed by atoms with Gasteiger partial charge in [0.1, 0.15) is 5.78 Å². The molecule has 0 saturated heterocycles. The van der Waals surface area contributed by atoms with Crippen molar-refractivity contribution in [3.63, 3.8) is 0 Å². The highest BCUT2D eigenvalue weighted by Gasteiger charge is 1.62. The van der Waals surface area contributed by atoms with Crippen LogP contribution in [0.4, 0.5) is 0 Å². The Morgan fingerprint density at radius 2 is 1.15 bits per heavy atom. The maximum absolute atomic E-state index is 10.1. The molecule has 0 heterocycles. The fraction of sp³-hybridized carbons (Fsp3) is 0.833. The average molecular weight is 426 g/mol. The molecule has 0 spiro atoms. The number of hydrogen-bond donors (Lipinski definition) is 0. The van der Waals surface area contributed by atoms with Crippen LogP contribution in [-0.2, 0) is 42.9 Å². The van der Waals surface area contributed by atoms with Crippen molar-refractivity contribution < 1.29 is 21.6 Å². The molecule has 6 nitrogen and oxygen atoms in total. The quantitative estimate of drug-likeness (QED) is 0.298. The molecule has 0 radical (unpaired) electrons. The van der Waals surface area contributed by atoms with E-state index in [4.69, 9.17) is 0 Å². The third-order valence-corrected chi connectivity index (χ3v) is 1.51. The Labute approximate surface area is 171 Å². The van der Waals surface area contributed by atoms with Crippen LogP contribution in [0.25, 0.3) is 0 Å². The van der Waals surface area contributed by atoms with Crippen molar-refractivity contribution >= 4 is 38.2 Å². The monoisotopic (exact) mass is 425 g/mol. The number of rotatable bonds is 2. The number of ketones is 1. The summed E-state index contributed by atoms with van der Waals surface area (Å²) in [5, 5.41) is 2.17. The molecular formula is C18H51NO5S2-2. The van der Waals surface area contributed by atoms with Crippen molar-refractivity contribution in [2.75, 3.05) is 21.3 Å². The van der Waals surface area contributed by atoms with E-state index in [1.54, 1.807) is 0 Å². The van der Waals surface area contributed by atoms with Gasteiger partial charge in [0.2, 0.25) is 0 Å². The zero-order chi connectivity index (χ0) is 18.3. The molecule has 0 fully saturated rings. The summed E-state index contributed by atoms with van der Waals surface area (Å²) in [6.45, 7) is 11.3. The first-order chi connectivity index (χ1) is 9.72. The van der Waals surface area contributed by atoms with Crippen LogP contribution in [-0.4, -0.2) is 38.1 Å². The molecule has 0 aromatic rings. The molecule has 0 aliphatic carbocycles. The molecule has 0 aromatic heterocycles. The molecular weight excluding hydrogens is 374 g/mol. The van der Waals surface area contributed by atoms with Gasteiger partial charge >= 0.3 is 0 Å². The van der Waals surface area contributed by atoms with Gasteiger partial charge in [-0.2, -0.15) is 16.5 Å². The lowest BCUT2D eigenvalue weighted by molar-refractivity contribution is -0.115. The van der Waals surface area contributed by atoms with Crippen LogP contribution in [0.15, 0.2) is 4.99 Å². The maximum atomic E-state index is 10.1. The molecule has 0 N–H and O–H groups in total. The molecule has 0 atom stereocenters. The number of isothiocyanates is 1. The van der Waals surface area contributed by atoms with Gasteiger partial charge in [-0.3, -0.25) is 4.99 Å². The lowest BCUT2D eigenvalue weighted by atomic mass is 10.6. The van der Waals surface area contributed by atoms with Gasteiger partial charge in [-0.1, -0.05) is 81.9 Å². The van der Waals surface area contributed by atoms with Gasteiger partial charge in [-0.15, -0.1) is 5.16 Å². The predicted octanol–water partition coefficient (Wildman–Crippen LogP) is 6.21. The van der Waals surface area contributed by atoms with Crippen LogP contribution in [0.5, 0.6) is 0 Å². The molecule has 0 aliphatic rings. The Morgan fingerprint density at radius 1 is 0.962 bits per heavy atom. The summed E-state index contributed by atoms with van der Waals surface area (Å²) in [7, 11) is 1.38. The fourth-order valence-corrected chi connectivity index (χ4v) is 0.335. The summed E-state index contributed by atoms with van der Waals surface area (Å²) < 4.78 is 28.1. The molecule has 0 saturated carbocycles. The summed E-state index contributed by atoms with van der Waals surface area (Å²) in [4.78, 5) is 12.8. The predicted molar refractivity (Wildman–Crippen MR) is 128 cm³/mol. The van der Waals surface area contributed by atoms with Crippen LogP contribution >= 0.6 is 0 Å². The van der Waals surface area contributed by atoms with Crippen molar-refractivity contribution in [3.8, 4) is 0 Å². The van der Waals surface area contributed by atoms with Gasteiger partial charge in [-0.25, -0.2) is 0 Å². The Morgan fingerprint density at radius 3 is 1.19 bits per heavy atom.